The van der Waals surface area contributed by atoms with E-state index >= 15 is 0 Å². The van der Waals surface area contributed by atoms with Crippen LogP contribution in [0.2, 0.25) is 0 Å². The monoisotopic (exact) mass is 642 g/mol. The van der Waals surface area contributed by atoms with Crippen molar-refractivity contribution >= 4 is 23.9 Å². The first-order valence-electron chi connectivity index (χ1n) is 14.9. The molecule has 1 aromatic carbocycles. The highest BCUT2D eigenvalue weighted by Crippen LogP contribution is 2.46. The average Bonchev–Trinajstić information content (AvgIpc) is 2.96. The molecule has 2 aliphatic heterocycles. The van der Waals surface area contributed by atoms with E-state index in [1.54, 1.807) is 27.7 Å². The first-order chi connectivity index (χ1) is 21.0. The summed E-state index contributed by atoms with van der Waals surface area (Å²) in [6.07, 6.45) is -6.49. The van der Waals surface area contributed by atoms with Gasteiger partial charge < -0.3 is 28.4 Å². The molecule has 0 aliphatic carbocycles. The molecule has 2 heterocycles. The summed E-state index contributed by atoms with van der Waals surface area (Å²) < 4.78 is 76.2. The van der Waals surface area contributed by atoms with Crippen molar-refractivity contribution in [3.63, 3.8) is 0 Å². The molecule has 0 radical (unpaired) electrons. The largest absolute Gasteiger partial charge is 0.458 e. The molecule has 9 atom stereocenters. The quantitative estimate of drug-likeness (QED) is 0.186. The van der Waals surface area contributed by atoms with E-state index in [-0.39, 0.29) is 6.42 Å². The Balaban J connectivity index is 1.80. The number of carbonyl (C=O) groups excluding carboxylic acids is 4. The summed E-state index contributed by atoms with van der Waals surface area (Å²) in [5.41, 5.74) is -5.06. The standard InChI is InChI=1S/C32H41F3O10/c1-8-9-15-23(42-29(39)31(40-7,32(33,34)35)22-13-11-10-12-14-22)16-17-24(37)43-25-18(2)26-30(6,45-20(25)4)27(41-21(5)36)19(3)28(38)44-26/h10-14,16-20,23,25-27H,8-9,15H2,1-7H3/b17-16+/t18-,19-,20+,23+,25-,26+,27+,30+,31-/m1/s1. The number of unbranched alkanes of at least 4 members (excludes halogenated alkanes) is 1. The van der Waals surface area contributed by atoms with Gasteiger partial charge in [-0.25, -0.2) is 9.59 Å². The van der Waals surface area contributed by atoms with Crippen LogP contribution in [0.4, 0.5) is 13.2 Å². The Labute approximate surface area is 260 Å². The summed E-state index contributed by atoms with van der Waals surface area (Å²) in [7, 11) is 0.772. The molecule has 0 aromatic heterocycles. The van der Waals surface area contributed by atoms with E-state index < -0.39 is 89.2 Å². The van der Waals surface area contributed by atoms with Crippen LogP contribution in [0.25, 0.3) is 0 Å². The Morgan fingerprint density at radius 1 is 1.09 bits per heavy atom. The molecule has 13 heteroatoms. The lowest BCUT2D eigenvalue weighted by molar-refractivity contribution is -0.300. The topological polar surface area (TPSA) is 124 Å². The Morgan fingerprint density at radius 2 is 1.73 bits per heavy atom. The number of ether oxygens (including phenoxy) is 6. The minimum absolute atomic E-state index is 0.129. The second-order valence-electron chi connectivity index (χ2n) is 11.6. The van der Waals surface area contributed by atoms with Crippen molar-refractivity contribution in [2.75, 3.05) is 7.11 Å². The highest BCUT2D eigenvalue weighted by molar-refractivity contribution is 5.84. The van der Waals surface area contributed by atoms with Crippen LogP contribution in [0.15, 0.2) is 42.5 Å². The summed E-state index contributed by atoms with van der Waals surface area (Å²) >= 11 is 0. The molecule has 1 aromatic rings. The van der Waals surface area contributed by atoms with E-state index in [1.165, 1.54) is 31.2 Å². The lowest BCUT2D eigenvalue weighted by Gasteiger charge is -2.55. The van der Waals surface area contributed by atoms with Crippen molar-refractivity contribution in [1.29, 1.82) is 0 Å². The second-order valence-corrected chi connectivity index (χ2v) is 11.6. The lowest BCUT2D eigenvalue weighted by atomic mass is 9.73. The zero-order valence-corrected chi connectivity index (χ0v) is 26.4. The van der Waals surface area contributed by atoms with Gasteiger partial charge in [-0.1, -0.05) is 50.6 Å². The third-order valence-electron chi connectivity index (χ3n) is 8.36. The van der Waals surface area contributed by atoms with E-state index in [4.69, 9.17) is 28.4 Å². The highest BCUT2D eigenvalue weighted by Gasteiger charge is 2.65. The van der Waals surface area contributed by atoms with Crippen molar-refractivity contribution in [3.8, 4) is 0 Å². The molecule has 0 amide bonds. The number of halogens is 3. The summed E-state index contributed by atoms with van der Waals surface area (Å²) in [5, 5.41) is 0. The molecule has 0 unspecified atom stereocenters. The van der Waals surface area contributed by atoms with Crippen LogP contribution in [0.5, 0.6) is 0 Å². The van der Waals surface area contributed by atoms with Crippen molar-refractivity contribution in [2.24, 2.45) is 11.8 Å². The minimum atomic E-state index is -5.16. The number of fused-ring (bicyclic) bond motifs is 1. The minimum Gasteiger partial charge on any atom is -0.458 e. The Morgan fingerprint density at radius 3 is 2.29 bits per heavy atom. The Hall–Kier alpha value is -3.45. The maximum atomic E-state index is 14.4. The van der Waals surface area contributed by atoms with Gasteiger partial charge in [0.15, 0.2) is 0 Å². The van der Waals surface area contributed by atoms with Crippen molar-refractivity contribution < 1.29 is 60.8 Å². The van der Waals surface area contributed by atoms with Gasteiger partial charge in [0.25, 0.3) is 5.60 Å². The molecule has 0 saturated carbocycles. The molecule has 10 nitrogen and oxygen atoms in total. The summed E-state index contributed by atoms with van der Waals surface area (Å²) in [5.74, 6) is -5.15. The van der Waals surface area contributed by atoms with Crippen LogP contribution in [-0.4, -0.2) is 73.3 Å². The molecule has 45 heavy (non-hydrogen) atoms. The fourth-order valence-corrected chi connectivity index (χ4v) is 6.13. The van der Waals surface area contributed by atoms with Gasteiger partial charge in [0, 0.05) is 31.6 Å². The number of benzene rings is 1. The molecule has 0 spiro atoms. The summed E-state index contributed by atoms with van der Waals surface area (Å²) in [6.45, 7) is 9.67. The molecule has 2 fully saturated rings. The molecule has 250 valence electrons. The third-order valence-corrected chi connectivity index (χ3v) is 8.36. The van der Waals surface area contributed by atoms with Crippen LogP contribution in [0.1, 0.15) is 66.4 Å². The van der Waals surface area contributed by atoms with Gasteiger partial charge in [0.1, 0.15) is 30.0 Å². The fraction of sp³-hybridized carbons (Fsp3) is 0.625. The number of methoxy groups -OCH3 is 1. The van der Waals surface area contributed by atoms with Gasteiger partial charge in [-0.05, 0) is 39.7 Å². The van der Waals surface area contributed by atoms with E-state index in [0.717, 1.165) is 25.3 Å². The fourth-order valence-electron chi connectivity index (χ4n) is 6.13. The number of carbonyl (C=O) groups is 4. The molecule has 0 N–H and O–H groups in total. The van der Waals surface area contributed by atoms with Gasteiger partial charge in [-0.3, -0.25) is 9.59 Å². The van der Waals surface area contributed by atoms with Gasteiger partial charge in [-0.15, -0.1) is 0 Å². The van der Waals surface area contributed by atoms with E-state index in [0.29, 0.717) is 12.8 Å². The predicted octanol–water partition coefficient (Wildman–Crippen LogP) is 4.97. The van der Waals surface area contributed by atoms with E-state index in [1.807, 2.05) is 6.92 Å². The molecular formula is C32H41F3O10. The van der Waals surface area contributed by atoms with Crippen LogP contribution in [0.3, 0.4) is 0 Å². The smallest absolute Gasteiger partial charge is 0.432 e. The maximum absolute atomic E-state index is 14.4. The zero-order valence-electron chi connectivity index (χ0n) is 26.4. The maximum Gasteiger partial charge on any atom is 0.432 e. The van der Waals surface area contributed by atoms with Crippen LogP contribution in [0, 0.1) is 11.8 Å². The van der Waals surface area contributed by atoms with Crippen LogP contribution >= 0.6 is 0 Å². The van der Waals surface area contributed by atoms with Crippen molar-refractivity contribution in [1.82, 2.24) is 0 Å². The molecular weight excluding hydrogens is 601 g/mol. The highest BCUT2D eigenvalue weighted by atomic mass is 19.4. The lowest BCUT2D eigenvalue weighted by Crippen LogP contribution is -2.70. The number of alkyl halides is 3. The summed E-state index contributed by atoms with van der Waals surface area (Å²) in [4.78, 5) is 50.6. The molecule has 0 bridgehead atoms. The van der Waals surface area contributed by atoms with Gasteiger partial charge >= 0.3 is 30.1 Å². The first-order valence-corrected chi connectivity index (χ1v) is 14.9. The zero-order chi connectivity index (χ0) is 33.7. The summed E-state index contributed by atoms with van der Waals surface area (Å²) in [6, 6.07) is 6.42. The normalized spacial score (nSPS) is 30.4. The van der Waals surface area contributed by atoms with Gasteiger partial charge in [0.05, 0.1) is 12.0 Å². The number of esters is 4. The molecule has 2 saturated heterocycles. The van der Waals surface area contributed by atoms with Gasteiger partial charge in [-0.2, -0.15) is 13.2 Å². The van der Waals surface area contributed by atoms with Crippen molar-refractivity contribution in [2.45, 2.75) is 109 Å². The number of hydrogen-bond donors (Lipinski definition) is 0. The SMILES string of the molecule is CCCC[C@@H](/C=C/C(=O)O[C@@H]1[C@@H](C)[C@@H]2OC(=O)[C@H](C)[C@H](OC(C)=O)[C@@]2(C)O[C@H]1C)OC(=O)[C@](OC)(c1ccccc1)C(F)(F)F. The third kappa shape index (κ3) is 7.35. The van der Waals surface area contributed by atoms with E-state index in [2.05, 4.69) is 0 Å². The van der Waals surface area contributed by atoms with Crippen LogP contribution in [-0.2, 0) is 53.2 Å². The molecule has 2 aliphatic rings. The van der Waals surface area contributed by atoms with Crippen LogP contribution < -0.4 is 0 Å². The number of hydrogen-bond acceptors (Lipinski definition) is 10. The average molecular weight is 643 g/mol. The van der Waals surface area contributed by atoms with Gasteiger partial charge in [0.2, 0.25) is 0 Å². The molecule has 3 rings (SSSR count). The number of rotatable bonds is 11. The Bertz CT molecular complexity index is 1250. The second kappa shape index (κ2) is 14.3. The van der Waals surface area contributed by atoms with E-state index in [9.17, 15) is 32.3 Å². The first kappa shape index (κ1) is 36.0. The Kier molecular flexibility index (Phi) is 11.5. The van der Waals surface area contributed by atoms with Crippen molar-refractivity contribution in [3.05, 3.63) is 48.0 Å². The predicted molar refractivity (Wildman–Crippen MR) is 152 cm³/mol.